The molecule has 0 radical (unpaired) electrons. The third kappa shape index (κ3) is 3.73. The van der Waals surface area contributed by atoms with Gasteiger partial charge in [-0.1, -0.05) is 0 Å². The van der Waals surface area contributed by atoms with Crippen LogP contribution < -0.4 is 5.32 Å². The molecule has 1 atom stereocenters. The van der Waals surface area contributed by atoms with E-state index in [1.54, 1.807) is 4.90 Å². The van der Waals surface area contributed by atoms with Crippen LogP contribution in [0.4, 0.5) is 0 Å². The molecular weight excluding hydrogens is 336 g/mol. The minimum absolute atomic E-state index is 0.0244. The smallest absolute Gasteiger partial charge is 0.275 e. The predicted octanol–water partition coefficient (Wildman–Crippen LogP) is 0.654. The van der Waals surface area contributed by atoms with E-state index in [0.29, 0.717) is 50.3 Å². The molecule has 1 saturated carbocycles. The predicted molar refractivity (Wildman–Crippen MR) is 91.0 cm³/mol. The van der Waals surface area contributed by atoms with Gasteiger partial charge in [0.05, 0.1) is 5.92 Å². The van der Waals surface area contributed by atoms with Crippen molar-refractivity contribution in [2.45, 2.75) is 38.1 Å². The lowest BCUT2D eigenvalue weighted by molar-refractivity contribution is -0.129. The van der Waals surface area contributed by atoms with Gasteiger partial charge in [-0.3, -0.25) is 14.4 Å². The normalized spacial score (nSPS) is 24.2. The van der Waals surface area contributed by atoms with Crippen LogP contribution in [0.25, 0.3) is 0 Å². The molecule has 140 valence electrons. The largest absolute Gasteiger partial charge is 0.451 e. The highest BCUT2D eigenvalue weighted by Crippen LogP contribution is 2.26. The summed E-state index contributed by atoms with van der Waals surface area (Å²) in [5.41, 5.74) is 0.336. The highest BCUT2D eigenvalue weighted by Gasteiger charge is 2.37. The molecule has 1 aliphatic carbocycles. The summed E-state index contributed by atoms with van der Waals surface area (Å²) in [5, 5.41) is 3.00. The van der Waals surface area contributed by atoms with Crippen molar-refractivity contribution in [1.29, 1.82) is 0 Å². The lowest BCUT2D eigenvalue weighted by Crippen LogP contribution is -2.42. The Morgan fingerprint density at radius 1 is 1.23 bits per heavy atom. The Kier molecular flexibility index (Phi) is 4.65. The van der Waals surface area contributed by atoms with Crippen molar-refractivity contribution in [3.8, 4) is 0 Å². The van der Waals surface area contributed by atoms with Gasteiger partial charge in [0.15, 0.2) is 12.1 Å². The van der Waals surface area contributed by atoms with Gasteiger partial charge in [-0.15, -0.1) is 0 Å². The molecule has 3 fully saturated rings. The molecule has 8 heteroatoms. The van der Waals surface area contributed by atoms with Crippen LogP contribution in [0, 0.1) is 11.8 Å². The standard InChI is InChI=1S/C18H24N4O4/c23-16-7-13(17(24)20-14-1-2-14)9-22(16)8-12-3-5-21(6-4-12)18(25)15-10-26-11-19-15/h10-14H,1-9H2,(H,20,24). The molecule has 0 spiro atoms. The molecule has 0 aromatic carbocycles. The van der Waals surface area contributed by atoms with Crippen LogP contribution >= 0.6 is 0 Å². The zero-order valence-electron chi connectivity index (χ0n) is 14.7. The quantitative estimate of drug-likeness (QED) is 0.832. The molecule has 8 nitrogen and oxygen atoms in total. The zero-order chi connectivity index (χ0) is 18.1. The number of carbonyl (C=O) groups excluding carboxylic acids is 3. The summed E-state index contributed by atoms with van der Waals surface area (Å²) in [5.74, 6) is 0.146. The van der Waals surface area contributed by atoms with Gasteiger partial charge in [-0.2, -0.15) is 0 Å². The van der Waals surface area contributed by atoms with Gasteiger partial charge in [-0.25, -0.2) is 4.98 Å². The Morgan fingerprint density at radius 2 is 2.00 bits per heavy atom. The SMILES string of the molecule is O=C(NC1CC1)C1CC(=O)N(CC2CCN(C(=O)c3cocn3)CC2)C1. The second kappa shape index (κ2) is 7.09. The molecule has 0 bridgehead atoms. The fourth-order valence-corrected chi connectivity index (χ4v) is 3.78. The first-order valence-electron chi connectivity index (χ1n) is 9.36. The second-order valence-electron chi connectivity index (χ2n) is 7.59. The van der Waals surface area contributed by atoms with Crippen LogP contribution in [0.3, 0.4) is 0 Å². The number of piperidine rings is 1. The van der Waals surface area contributed by atoms with Gasteiger partial charge in [0.1, 0.15) is 6.26 Å². The second-order valence-corrected chi connectivity index (χ2v) is 7.59. The van der Waals surface area contributed by atoms with Gasteiger partial charge in [0.25, 0.3) is 5.91 Å². The number of carbonyl (C=O) groups is 3. The highest BCUT2D eigenvalue weighted by molar-refractivity contribution is 5.92. The van der Waals surface area contributed by atoms with Gasteiger partial charge in [-0.05, 0) is 31.6 Å². The average Bonchev–Trinajstić information content (AvgIpc) is 3.15. The van der Waals surface area contributed by atoms with Crippen LogP contribution in [0.15, 0.2) is 17.1 Å². The van der Waals surface area contributed by atoms with Gasteiger partial charge < -0.3 is 19.5 Å². The van der Waals surface area contributed by atoms with E-state index in [1.165, 1.54) is 12.7 Å². The molecule has 1 N–H and O–H groups in total. The van der Waals surface area contributed by atoms with Gasteiger partial charge >= 0.3 is 0 Å². The third-order valence-electron chi connectivity index (χ3n) is 5.54. The average molecular weight is 360 g/mol. The Morgan fingerprint density at radius 3 is 2.65 bits per heavy atom. The number of oxazole rings is 1. The number of aromatic nitrogens is 1. The van der Waals surface area contributed by atoms with Crippen LogP contribution in [0.2, 0.25) is 0 Å². The Hall–Kier alpha value is -2.38. The number of hydrogen-bond donors (Lipinski definition) is 1. The van der Waals surface area contributed by atoms with E-state index in [4.69, 9.17) is 4.42 Å². The first-order valence-corrected chi connectivity index (χ1v) is 9.36. The van der Waals surface area contributed by atoms with E-state index in [1.807, 2.05) is 4.90 Å². The Bertz CT molecular complexity index is 677. The molecule has 3 aliphatic rings. The van der Waals surface area contributed by atoms with Crippen LogP contribution in [-0.2, 0) is 9.59 Å². The summed E-state index contributed by atoms with van der Waals surface area (Å²) < 4.78 is 4.87. The maximum atomic E-state index is 12.3. The van der Waals surface area contributed by atoms with E-state index in [9.17, 15) is 14.4 Å². The zero-order valence-corrected chi connectivity index (χ0v) is 14.7. The Labute approximate surface area is 151 Å². The molecule has 3 heterocycles. The van der Waals surface area contributed by atoms with Crippen LogP contribution in [0.5, 0.6) is 0 Å². The van der Waals surface area contributed by atoms with Crippen molar-refractivity contribution in [2.75, 3.05) is 26.2 Å². The number of likely N-dealkylation sites (tertiary alicyclic amines) is 2. The molecular formula is C18H24N4O4. The molecule has 1 aromatic rings. The van der Waals surface area contributed by atoms with Crippen molar-refractivity contribution in [3.05, 3.63) is 18.4 Å². The fraction of sp³-hybridized carbons (Fsp3) is 0.667. The lowest BCUT2D eigenvalue weighted by atomic mass is 9.96. The first-order chi connectivity index (χ1) is 12.6. The van der Waals surface area contributed by atoms with Crippen molar-refractivity contribution in [3.63, 3.8) is 0 Å². The maximum absolute atomic E-state index is 12.3. The molecule has 26 heavy (non-hydrogen) atoms. The number of rotatable bonds is 5. The molecule has 2 aliphatic heterocycles. The van der Waals surface area contributed by atoms with E-state index >= 15 is 0 Å². The maximum Gasteiger partial charge on any atom is 0.275 e. The first kappa shape index (κ1) is 17.1. The van der Waals surface area contributed by atoms with Gasteiger partial charge in [0, 0.05) is 38.6 Å². The number of nitrogens with one attached hydrogen (secondary N) is 1. The highest BCUT2D eigenvalue weighted by atomic mass is 16.3. The van der Waals surface area contributed by atoms with Crippen molar-refractivity contribution in [2.24, 2.45) is 11.8 Å². The van der Waals surface area contributed by atoms with Gasteiger partial charge in [0.2, 0.25) is 11.8 Å². The Balaban J connectivity index is 1.24. The summed E-state index contributed by atoms with van der Waals surface area (Å²) >= 11 is 0. The lowest BCUT2D eigenvalue weighted by Gasteiger charge is -2.33. The summed E-state index contributed by atoms with van der Waals surface area (Å²) in [7, 11) is 0. The molecule has 4 rings (SSSR count). The van der Waals surface area contributed by atoms with Crippen molar-refractivity contribution >= 4 is 17.7 Å². The van der Waals surface area contributed by atoms with E-state index < -0.39 is 0 Å². The van der Waals surface area contributed by atoms with Crippen LogP contribution in [-0.4, -0.2) is 64.7 Å². The van der Waals surface area contributed by atoms with E-state index in [-0.39, 0.29) is 23.6 Å². The number of hydrogen-bond acceptors (Lipinski definition) is 5. The third-order valence-corrected chi connectivity index (χ3v) is 5.54. The number of nitrogens with zero attached hydrogens (tertiary/aromatic N) is 3. The minimum atomic E-state index is -0.211. The topological polar surface area (TPSA) is 95.8 Å². The summed E-state index contributed by atoms with van der Waals surface area (Å²) in [6, 6.07) is 0.332. The summed E-state index contributed by atoms with van der Waals surface area (Å²) in [6.45, 7) is 2.52. The van der Waals surface area contributed by atoms with Crippen molar-refractivity contribution in [1.82, 2.24) is 20.1 Å². The van der Waals surface area contributed by atoms with E-state index in [2.05, 4.69) is 10.3 Å². The summed E-state index contributed by atoms with van der Waals surface area (Å²) in [4.78, 5) is 44.2. The van der Waals surface area contributed by atoms with E-state index in [0.717, 1.165) is 25.7 Å². The fourth-order valence-electron chi connectivity index (χ4n) is 3.78. The molecule has 3 amide bonds. The molecule has 1 unspecified atom stereocenters. The summed E-state index contributed by atoms with van der Waals surface area (Å²) in [6.07, 6.45) is 6.77. The monoisotopic (exact) mass is 360 g/mol. The molecule has 1 aromatic heterocycles. The minimum Gasteiger partial charge on any atom is -0.451 e. The number of amides is 3. The molecule has 2 saturated heterocycles. The van der Waals surface area contributed by atoms with Crippen molar-refractivity contribution < 1.29 is 18.8 Å². The van der Waals surface area contributed by atoms with Crippen LogP contribution in [0.1, 0.15) is 42.6 Å².